The van der Waals surface area contributed by atoms with E-state index in [1.54, 1.807) is 0 Å². The third kappa shape index (κ3) is 26.4. The molecule has 0 fully saturated rings. The quantitative estimate of drug-likeness (QED) is 0.658. The molecule has 0 aromatic heterocycles. The van der Waals surface area contributed by atoms with Crippen LogP contribution < -0.4 is 0 Å². The fourth-order valence-electron chi connectivity index (χ4n) is 1.19. The van der Waals surface area contributed by atoms with E-state index < -0.39 is 0 Å². The maximum atomic E-state index is 3.82. The van der Waals surface area contributed by atoms with Crippen LogP contribution in [-0.4, -0.2) is 11.4 Å². The summed E-state index contributed by atoms with van der Waals surface area (Å²) in [6.07, 6.45) is 3.68. The summed E-state index contributed by atoms with van der Waals surface area (Å²) in [7, 11) is 0. The SMILES string of the molecule is C.CC.CC1=NN=C(C)C1.CCCC(C)C.[Ar].[Ar]. The van der Waals surface area contributed by atoms with Gasteiger partial charge < -0.3 is 0 Å². The van der Waals surface area contributed by atoms with Crippen LogP contribution in [-0.2, 0) is 0 Å². The van der Waals surface area contributed by atoms with Gasteiger partial charge in [0.1, 0.15) is 0 Å². The Morgan fingerprint density at radius 3 is 1.39 bits per heavy atom. The minimum atomic E-state index is 0. The summed E-state index contributed by atoms with van der Waals surface area (Å²) in [6.45, 7) is 14.7. The standard InChI is InChI=1S/C6H14.C5H8N2.C2H6.CH4.2Ar/c1-4-5-6(2)3;1-4-3-5(2)7-6-4;1-2;;;/h6H,4-5H2,1-3H3;3H2,1-2H3;1-2H3;1H4;;. The second kappa shape index (κ2) is 23.9. The second-order valence-electron chi connectivity index (χ2n) is 4.03. The average Bonchev–Trinajstić information content (AvgIpc) is 2.54. The molecule has 0 atom stereocenters. The zero-order valence-electron chi connectivity index (χ0n) is 12.3. The maximum absolute atomic E-state index is 3.82. The molecule has 0 saturated carbocycles. The fourth-order valence-corrected chi connectivity index (χ4v) is 1.19. The third-order valence-electron chi connectivity index (χ3n) is 1.77. The van der Waals surface area contributed by atoms with Crippen LogP contribution in [0.25, 0.3) is 0 Å². The average molecular weight is 308 g/mol. The Bertz CT molecular complexity index is 184. The largest absolute Gasteiger partial charge is 0.160 e. The Morgan fingerprint density at radius 1 is 1.00 bits per heavy atom. The van der Waals surface area contributed by atoms with E-state index in [2.05, 4.69) is 31.0 Å². The van der Waals surface area contributed by atoms with Crippen molar-refractivity contribution < 1.29 is 75.5 Å². The van der Waals surface area contributed by atoms with Gasteiger partial charge in [0.15, 0.2) is 0 Å². The van der Waals surface area contributed by atoms with Gasteiger partial charge in [0.25, 0.3) is 0 Å². The first-order chi connectivity index (χ1) is 7.06. The van der Waals surface area contributed by atoms with E-state index in [-0.39, 0.29) is 82.9 Å². The summed E-state index contributed by atoms with van der Waals surface area (Å²) in [4.78, 5) is 0. The Kier molecular flexibility index (Phi) is 42.5. The van der Waals surface area contributed by atoms with Gasteiger partial charge in [-0.25, -0.2) is 0 Å². The number of nitrogens with zero attached hydrogens (tertiary/aromatic N) is 2. The first kappa shape index (κ1) is 32.0. The molecular weight excluding hydrogens is 276 g/mol. The van der Waals surface area contributed by atoms with E-state index in [0.717, 1.165) is 23.8 Å². The first-order valence-corrected chi connectivity index (χ1v) is 6.12. The van der Waals surface area contributed by atoms with Crippen molar-refractivity contribution in [1.82, 2.24) is 0 Å². The van der Waals surface area contributed by atoms with Gasteiger partial charge >= 0.3 is 0 Å². The minimum absolute atomic E-state index is 0. The molecule has 0 saturated heterocycles. The molecule has 0 spiro atoms. The molecule has 0 radical (unpaired) electrons. The van der Waals surface area contributed by atoms with Crippen LogP contribution in [0, 0.1) is 81.4 Å². The molecule has 114 valence electrons. The summed E-state index contributed by atoms with van der Waals surface area (Å²) in [5.74, 6) is 0.898. The fraction of sp³-hybridized carbons (Fsp3) is 0.857. The molecular formula is C14H32Ar2N2. The van der Waals surface area contributed by atoms with E-state index in [1.165, 1.54) is 12.8 Å². The van der Waals surface area contributed by atoms with Crippen LogP contribution in [0.15, 0.2) is 10.2 Å². The Morgan fingerprint density at radius 2 is 1.33 bits per heavy atom. The van der Waals surface area contributed by atoms with Gasteiger partial charge in [0.05, 0.1) is 0 Å². The van der Waals surface area contributed by atoms with E-state index >= 15 is 0 Å². The molecule has 0 aromatic rings. The van der Waals surface area contributed by atoms with Crippen molar-refractivity contribution >= 4 is 11.4 Å². The third-order valence-corrected chi connectivity index (χ3v) is 1.77. The molecule has 0 aromatic carbocycles. The summed E-state index contributed by atoms with van der Waals surface area (Å²) < 4.78 is 0. The molecule has 1 rings (SSSR count). The maximum Gasteiger partial charge on any atom is 0.0431 e. The van der Waals surface area contributed by atoms with E-state index in [1.807, 2.05) is 27.7 Å². The van der Waals surface area contributed by atoms with Crippen LogP contribution >= 0.6 is 0 Å². The van der Waals surface area contributed by atoms with Crippen LogP contribution in [0.5, 0.6) is 0 Å². The Labute approximate surface area is 175 Å². The molecule has 1 aliphatic heterocycles. The van der Waals surface area contributed by atoms with Gasteiger partial charge in [0, 0.05) is 93.3 Å². The zero-order chi connectivity index (χ0) is 12.3. The van der Waals surface area contributed by atoms with Crippen molar-refractivity contribution in [3.05, 3.63) is 0 Å². The van der Waals surface area contributed by atoms with Gasteiger partial charge in [-0.1, -0.05) is 54.9 Å². The molecule has 0 unspecified atom stereocenters. The molecule has 0 bridgehead atoms. The first-order valence-electron chi connectivity index (χ1n) is 6.12. The smallest absolute Gasteiger partial charge is 0.0431 e. The number of hydrogen-bond donors (Lipinski definition) is 0. The van der Waals surface area contributed by atoms with Crippen LogP contribution in [0.2, 0.25) is 0 Å². The van der Waals surface area contributed by atoms with Crippen molar-refractivity contribution in [1.29, 1.82) is 0 Å². The van der Waals surface area contributed by atoms with E-state index in [9.17, 15) is 0 Å². The molecule has 4 heteroatoms. The van der Waals surface area contributed by atoms with Crippen molar-refractivity contribution in [3.8, 4) is 0 Å². The second-order valence-corrected chi connectivity index (χ2v) is 4.03. The van der Waals surface area contributed by atoms with Gasteiger partial charge in [-0.05, 0) is 19.8 Å². The summed E-state index contributed by atoms with van der Waals surface area (Å²) in [5.41, 5.74) is 2.25. The molecule has 0 N–H and O–H groups in total. The summed E-state index contributed by atoms with van der Waals surface area (Å²) in [5, 5.41) is 7.64. The summed E-state index contributed by atoms with van der Waals surface area (Å²) in [6, 6.07) is 0. The molecule has 0 aliphatic carbocycles. The topological polar surface area (TPSA) is 24.7 Å². The summed E-state index contributed by atoms with van der Waals surface area (Å²) >= 11 is 0. The van der Waals surface area contributed by atoms with Gasteiger partial charge in [-0.3, -0.25) is 0 Å². The molecule has 2 nitrogen and oxygen atoms in total. The normalized spacial score (nSPS) is 11.1. The molecule has 1 aliphatic rings. The van der Waals surface area contributed by atoms with Crippen molar-refractivity contribution in [3.63, 3.8) is 0 Å². The predicted octanol–water partition coefficient (Wildman–Crippen LogP) is 5.33. The molecule has 18 heavy (non-hydrogen) atoms. The Balaban J connectivity index is -0.0000000483. The van der Waals surface area contributed by atoms with Crippen molar-refractivity contribution in [2.24, 2.45) is 16.1 Å². The number of rotatable bonds is 2. The van der Waals surface area contributed by atoms with Gasteiger partial charge in [0.2, 0.25) is 0 Å². The van der Waals surface area contributed by atoms with Crippen LogP contribution in [0.4, 0.5) is 0 Å². The van der Waals surface area contributed by atoms with Gasteiger partial charge in [-0.2, -0.15) is 10.2 Å². The van der Waals surface area contributed by atoms with Gasteiger partial charge in [-0.15, -0.1) is 0 Å². The van der Waals surface area contributed by atoms with Crippen LogP contribution in [0.1, 0.15) is 75.2 Å². The minimum Gasteiger partial charge on any atom is -0.160 e. The molecule has 0 amide bonds. The predicted molar refractivity (Wildman–Crippen MR) is 78.7 cm³/mol. The van der Waals surface area contributed by atoms with E-state index in [4.69, 9.17) is 0 Å². The number of hydrogen-bond acceptors (Lipinski definition) is 2. The van der Waals surface area contributed by atoms with Crippen molar-refractivity contribution in [2.75, 3.05) is 0 Å². The van der Waals surface area contributed by atoms with Crippen LogP contribution in [0.3, 0.4) is 0 Å². The Hall–Kier alpha value is 1.86. The monoisotopic (exact) mass is 308 g/mol. The molecule has 1 heterocycles. The van der Waals surface area contributed by atoms with E-state index in [0.29, 0.717) is 0 Å². The zero-order valence-corrected chi connectivity index (χ0v) is 13.7. The van der Waals surface area contributed by atoms with Crippen molar-refractivity contribution in [2.45, 2.75) is 75.2 Å².